The number of hydrogen-bond donors (Lipinski definition) is 1. The zero-order valence-corrected chi connectivity index (χ0v) is 11.1. The number of hydrogen-bond acceptors (Lipinski definition) is 2. The Hall–Kier alpha value is -0.990. The van der Waals surface area contributed by atoms with Crippen LogP contribution in [0.5, 0.6) is 0 Å². The fourth-order valence-electron chi connectivity index (χ4n) is 3.02. The SMILES string of the molecule is CCC1CC(CC)n2nc(C3CC3C)cc2N1. The number of nitrogens with one attached hydrogen (secondary N) is 1. The standard InChI is InChI=1S/C14H23N3/c1-4-10-7-11(5-2)17-14(15-10)8-13(16-17)12-6-9(12)3/h8-12,15H,4-7H2,1-3H3. The molecule has 1 aromatic rings. The van der Waals surface area contributed by atoms with Crippen molar-refractivity contribution in [3.8, 4) is 0 Å². The number of aromatic nitrogens is 2. The lowest BCUT2D eigenvalue weighted by atomic mass is 10.0. The van der Waals surface area contributed by atoms with Gasteiger partial charge in [-0.1, -0.05) is 20.8 Å². The van der Waals surface area contributed by atoms with E-state index in [4.69, 9.17) is 5.10 Å². The third-order valence-corrected chi connectivity index (χ3v) is 4.46. The Morgan fingerprint density at radius 3 is 2.71 bits per heavy atom. The Bertz CT molecular complexity index is 410. The van der Waals surface area contributed by atoms with Gasteiger partial charge in [-0.3, -0.25) is 0 Å². The Balaban J connectivity index is 1.89. The predicted octanol–water partition coefficient (Wildman–Crippen LogP) is 3.55. The van der Waals surface area contributed by atoms with E-state index in [1.807, 2.05) is 0 Å². The molecule has 0 amide bonds. The van der Waals surface area contributed by atoms with Crippen molar-refractivity contribution in [1.29, 1.82) is 0 Å². The van der Waals surface area contributed by atoms with E-state index in [2.05, 4.69) is 36.8 Å². The molecule has 1 aromatic heterocycles. The van der Waals surface area contributed by atoms with E-state index in [1.165, 1.54) is 37.2 Å². The molecule has 17 heavy (non-hydrogen) atoms. The van der Waals surface area contributed by atoms with Gasteiger partial charge in [0, 0.05) is 18.0 Å². The van der Waals surface area contributed by atoms with Crippen molar-refractivity contribution < 1.29 is 0 Å². The van der Waals surface area contributed by atoms with E-state index in [0.29, 0.717) is 12.1 Å². The Morgan fingerprint density at radius 1 is 1.35 bits per heavy atom. The fourth-order valence-corrected chi connectivity index (χ4v) is 3.02. The first-order chi connectivity index (χ1) is 8.22. The van der Waals surface area contributed by atoms with Gasteiger partial charge in [0.15, 0.2) is 0 Å². The highest BCUT2D eigenvalue weighted by Gasteiger charge is 2.37. The normalized spacial score (nSPS) is 35.2. The molecule has 3 heteroatoms. The van der Waals surface area contributed by atoms with Gasteiger partial charge >= 0.3 is 0 Å². The lowest BCUT2D eigenvalue weighted by Crippen LogP contribution is -2.31. The van der Waals surface area contributed by atoms with Gasteiger partial charge in [-0.05, 0) is 31.6 Å². The van der Waals surface area contributed by atoms with Crippen LogP contribution < -0.4 is 5.32 Å². The van der Waals surface area contributed by atoms with Gasteiger partial charge in [-0.25, -0.2) is 4.68 Å². The lowest BCUT2D eigenvalue weighted by Gasteiger charge is -2.31. The number of rotatable bonds is 3. The Morgan fingerprint density at radius 2 is 2.12 bits per heavy atom. The summed E-state index contributed by atoms with van der Waals surface area (Å²) in [6.07, 6.45) is 4.94. The van der Waals surface area contributed by atoms with Crippen molar-refractivity contribution in [2.24, 2.45) is 5.92 Å². The van der Waals surface area contributed by atoms with Crippen molar-refractivity contribution in [3.05, 3.63) is 11.8 Å². The van der Waals surface area contributed by atoms with Crippen molar-refractivity contribution in [2.75, 3.05) is 5.32 Å². The van der Waals surface area contributed by atoms with Crippen LogP contribution in [-0.2, 0) is 0 Å². The first-order valence-electron chi connectivity index (χ1n) is 7.08. The van der Waals surface area contributed by atoms with Gasteiger partial charge in [0.05, 0.1) is 11.7 Å². The van der Waals surface area contributed by atoms with Crippen molar-refractivity contribution in [1.82, 2.24) is 9.78 Å². The van der Waals surface area contributed by atoms with E-state index < -0.39 is 0 Å². The van der Waals surface area contributed by atoms with Gasteiger partial charge in [-0.2, -0.15) is 5.10 Å². The smallest absolute Gasteiger partial charge is 0.125 e. The molecule has 94 valence electrons. The largest absolute Gasteiger partial charge is 0.367 e. The first kappa shape index (κ1) is 11.1. The molecule has 0 aromatic carbocycles. The second-order valence-electron chi connectivity index (χ2n) is 5.77. The van der Waals surface area contributed by atoms with Crippen molar-refractivity contribution in [3.63, 3.8) is 0 Å². The average Bonchev–Trinajstić information content (AvgIpc) is 2.92. The van der Waals surface area contributed by atoms with Crippen molar-refractivity contribution >= 4 is 5.82 Å². The fraction of sp³-hybridized carbons (Fsp3) is 0.786. The molecular weight excluding hydrogens is 210 g/mol. The molecule has 4 unspecified atom stereocenters. The molecule has 0 spiro atoms. The third kappa shape index (κ3) is 1.85. The molecule has 3 nitrogen and oxygen atoms in total. The predicted molar refractivity (Wildman–Crippen MR) is 70.4 cm³/mol. The Kier molecular flexibility index (Phi) is 2.64. The summed E-state index contributed by atoms with van der Waals surface area (Å²) in [7, 11) is 0. The summed E-state index contributed by atoms with van der Waals surface area (Å²) >= 11 is 0. The van der Waals surface area contributed by atoms with E-state index >= 15 is 0 Å². The molecule has 1 fully saturated rings. The topological polar surface area (TPSA) is 29.9 Å². The molecule has 3 rings (SSSR count). The Labute approximate surface area is 104 Å². The van der Waals surface area contributed by atoms with E-state index in [9.17, 15) is 0 Å². The molecule has 4 atom stereocenters. The minimum absolute atomic E-state index is 0.596. The van der Waals surface area contributed by atoms with Crippen molar-refractivity contribution in [2.45, 2.75) is 64.5 Å². The van der Waals surface area contributed by atoms with Crippen LogP contribution >= 0.6 is 0 Å². The van der Waals surface area contributed by atoms with Gasteiger partial charge in [0.1, 0.15) is 5.82 Å². The average molecular weight is 233 g/mol. The summed E-state index contributed by atoms with van der Waals surface area (Å²) in [6.45, 7) is 6.86. The minimum Gasteiger partial charge on any atom is -0.367 e. The second kappa shape index (κ2) is 4.04. The van der Waals surface area contributed by atoms with Crippen LogP contribution in [-0.4, -0.2) is 15.8 Å². The van der Waals surface area contributed by atoms with Crippen LogP contribution in [0.1, 0.15) is 64.1 Å². The zero-order valence-electron chi connectivity index (χ0n) is 11.1. The number of fused-ring (bicyclic) bond motifs is 1. The molecule has 0 radical (unpaired) electrons. The van der Waals surface area contributed by atoms with Crippen LogP contribution in [0.4, 0.5) is 5.82 Å². The van der Waals surface area contributed by atoms with Crippen LogP contribution in [0.3, 0.4) is 0 Å². The second-order valence-corrected chi connectivity index (χ2v) is 5.77. The number of nitrogens with zero attached hydrogens (tertiary/aromatic N) is 2. The first-order valence-corrected chi connectivity index (χ1v) is 7.08. The van der Waals surface area contributed by atoms with E-state index in [0.717, 1.165) is 11.8 Å². The molecule has 0 bridgehead atoms. The molecule has 1 N–H and O–H groups in total. The van der Waals surface area contributed by atoms with Crippen LogP contribution in [0.15, 0.2) is 6.07 Å². The lowest BCUT2D eigenvalue weighted by molar-refractivity contribution is 0.361. The van der Waals surface area contributed by atoms with Gasteiger partial charge < -0.3 is 5.32 Å². The molecule has 1 saturated carbocycles. The summed E-state index contributed by atoms with van der Waals surface area (Å²) < 4.78 is 2.24. The van der Waals surface area contributed by atoms with Gasteiger partial charge in [0.25, 0.3) is 0 Å². The molecule has 0 saturated heterocycles. The summed E-state index contributed by atoms with van der Waals surface area (Å²) in [4.78, 5) is 0. The van der Waals surface area contributed by atoms with E-state index in [-0.39, 0.29) is 0 Å². The quantitative estimate of drug-likeness (QED) is 0.865. The summed E-state index contributed by atoms with van der Waals surface area (Å²) in [5.41, 5.74) is 1.32. The highest BCUT2D eigenvalue weighted by Crippen LogP contribution is 2.47. The monoisotopic (exact) mass is 233 g/mol. The highest BCUT2D eigenvalue weighted by atomic mass is 15.4. The van der Waals surface area contributed by atoms with Crippen LogP contribution in [0, 0.1) is 5.92 Å². The summed E-state index contributed by atoms with van der Waals surface area (Å²) in [6, 6.07) is 3.52. The molecule has 2 aliphatic rings. The van der Waals surface area contributed by atoms with Gasteiger partial charge in [-0.15, -0.1) is 0 Å². The summed E-state index contributed by atoms with van der Waals surface area (Å²) in [5, 5.41) is 8.47. The third-order valence-electron chi connectivity index (χ3n) is 4.46. The van der Waals surface area contributed by atoms with Gasteiger partial charge in [0.2, 0.25) is 0 Å². The molecule has 2 heterocycles. The highest BCUT2D eigenvalue weighted by molar-refractivity contribution is 5.42. The van der Waals surface area contributed by atoms with Crippen LogP contribution in [0.2, 0.25) is 0 Å². The molecule has 1 aliphatic carbocycles. The minimum atomic E-state index is 0.596. The maximum atomic E-state index is 4.84. The number of anilines is 1. The summed E-state index contributed by atoms with van der Waals surface area (Å²) in [5.74, 6) is 2.82. The van der Waals surface area contributed by atoms with E-state index in [1.54, 1.807) is 0 Å². The maximum absolute atomic E-state index is 4.84. The molecular formula is C14H23N3. The van der Waals surface area contributed by atoms with Crippen LogP contribution in [0.25, 0.3) is 0 Å². The zero-order chi connectivity index (χ0) is 12.0. The maximum Gasteiger partial charge on any atom is 0.125 e. The molecule has 1 aliphatic heterocycles.